The largest absolute Gasteiger partial charge is 0.494 e. The van der Waals surface area contributed by atoms with E-state index in [-0.39, 0.29) is 5.91 Å². The molecule has 0 spiro atoms. The number of carbonyl (C=O) groups excluding carboxylic acids is 1. The molecule has 0 bridgehead atoms. The number of amides is 1. The molecule has 0 aromatic heterocycles. The van der Waals surface area contributed by atoms with E-state index >= 15 is 0 Å². The zero-order valence-electron chi connectivity index (χ0n) is 17.0. The first kappa shape index (κ1) is 20.4. The van der Waals surface area contributed by atoms with Crippen LogP contribution in [0.15, 0.2) is 48.5 Å². The number of piperidine rings is 1. The zero-order chi connectivity index (χ0) is 19.8. The molecule has 1 aliphatic heterocycles. The predicted octanol–water partition coefficient (Wildman–Crippen LogP) is 4.72. The highest BCUT2D eigenvalue weighted by Gasteiger charge is 2.24. The molecule has 2 aromatic rings. The molecule has 1 fully saturated rings. The van der Waals surface area contributed by atoms with Gasteiger partial charge in [-0.2, -0.15) is 0 Å². The number of likely N-dealkylation sites (tertiary alicyclic amines) is 1. The lowest BCUT2D eigenvalue weighted by Gasteiger charge is -2.32. The molecule has 0 unspecified atom stereocenters. The van der Waals surface area contributed by atoms with Crippen molar-refractivity contribution in [3.05, 3.63) is 65.2 Å². The van der Waals surface area contributed by atoms with Gasteiger partial charge in [-0.3, -0.25) is 4.79 Å². The highest BCUT2D eigenvalue weighted by molar-refractivity contribution is 5.94. The Hall–Kier alpha value is -2.33. The van der Waals surface area contributed by atoms with Crippen molar-refractivity contribution in [3.63, 3.8) is 0 Å². The minimum absolute atomic E-state index is 0.110. The molecule has 0 saturated carbocycles. The summed E-state index contributed by atoms with van der Waals surface area (Å²) in [6.07, 6.45) is 3.22. The van der Waals surface area contributed by atoms with E-state index < -0.39 is 0 Å². The number of hydrogen-bond acceptors (Lipinski definition) is 3. The van der Waals surface area contributed by atoms with Crippen LogP contribution in [0, 0.1) is 5.92 Å². The van der Waals surface area contributed by atoms with Crippen molar-refractivity contribution < 1.29 is 14.3 Å². The maximum absolute atomic E-state index is 13.0. The van der Waals surface area contributed by atoms with Gasteiger partial charge in [0.05, 0.1) is 13.2 Å². The van der Waals surface area contributed by atoms with Gasteiger partial charge in [0.1, 0.15) is 5.75 Å². The molecule has 1 amide bonds. The molecule has 0 aliphatic carbocycles. The number of carbonyl (C=O) groups is 1. The van der Waals surface area contributed by atoms with Gasteiger partial charge < -0.3 is 14.4 Å². The number of hydrogen-bond donors (Lipinski definition) is 0. The third-order valence-electron chi connectivity index (χ3n) is 5.34. The average Bonchev–Trinajstić information content (AvgIpc) is 2.74. The molecule has 1 aliphatic rings. The van der Waals surface area contributed by atoms with Gasteiger partial charge in [0, 0.05) is 30.8 Å². The summed E-state index contributed by atoms with van der Waals surface area (Å²) in [5.74, 6) is 1.56. The summed E-state index contributed by atoms with van der Waals surface area (Å²) in [7, 11) is 0. The molecule has 0 radical (unpaired) electrons. The van der Waals surface area contributed by atoms with Crippen LogP contribution in [0.25, 0.3) is 0 Å². The summed E-state index contributed by atoms with van der Waals surface area (Å²) in [6, 6.07) is 16.3. The number of ether oxygens (including phenoxy) is 2. The highest BCUT2D eigenvalue weighted by atomic mass is 16.5. The van der Waals surface area contributed by atoms with Crippen molar-refractivity contribution in [1.82, 2.24) is 4.90 Å². The first-order valence-corrected chi connectivity index (χ1v) is 10.4. The second kappa shape index (κ2) is 10.3. The summed E-state index contributed by atoms with van der Waals surface area (Å²) in [4.78, 5) is 15.0. The summed E-state index contributed by atoms with van der Waals surface area (Å²) in [6.45, 7) is 7.28. The molecule has 150 valence electrons. The van der Waals surface area contributed by atoms with Crippen LogP contribution in [0.2, 0.25) is 0 Å². The summed E-state index contributed by atoms with van der Waals surface area (Å²) >= 11 is 0. The molecular weight excluding hydrogens is 350 g/mol. The molecule has 1 saturated heterocycles. The Labute approximate surface area is 168 Å². The van der Waals surface area contributed by atoms with Crippen molar-refractivity contribution >= 4 is 5.91 Å². The van der Waals surface area contributed by atoms with E-state index in [9.17, 15) is 4.79 Å². The first-order chi connectivity index (χ1) is 13.7. The average molecular weight is 382 g/mol. The van der Waals surface area contributed by atoms with Crippen molar-refractivity contribution in [2.45, 2.75) is 39.7 Å². The zero-order valence-corrected chi connectivity index (χ0v) is 17.0. The van der Waals surface area contributed by atoms with Crippen LogP contribution >= 0.6 is 0 Å². The van der Waals surface area contributed by atoms with Crippen molar-refractivity contribution in [1.29, 1.82) is 0 Å². The topological polar surface area (TPSA) is 38.8 Å². The fourth-order valence-corrected chi connectivity index (χ4v) is 3.80. The van der Waals surface area contributed by atoms with E-state index in [1.807, 2.05) is 36.9 Å². The van der Waals surface area contributed by atoms with Gasteiger partial charge >= 0.3 is 0 Å². The Morgan fingerprint density at radius 2 is 1.79 bits per heavy atom. The Morgan fingerprint density at radius 3 is 2.46 bits per heavy atom. The minimum Gasteiger partial charge on any atom is -0.494 e. The monoisotopic (exact) mass is 381 g/mol. The number of nitrogens with zero attached hydrogens (tertiary/aromatic N) is 1. The van der Waals surface area contributed by atoms with Crippen LogP contribution < -0.4 is 4.74 Å². The highest BCUT2D eigenvalue weighted by Crippen LogP contribution is 2.25. The van der Waals surface area contributed by atoms with E-state index in [1.54, 1.807) is 0 Å². The molecule has 28 heavy (non-hydrogen) atoms. The fourth-order valence-electron chi connectivity index (χ4n) is 3.80. The summed E-state index contributed by atoms with van der Waals surface area (Å²) < 4.78 is 11.2. The molecular formula is C24H31NO3. The minimum atomic E-state index is 0.110. The first-order valence-electron chi connectivity index (χ1n) is 10.4. The van der Waals surface area contributed by atoms with Crippen molar-refractivity contribution in [2.24, 2.45) is 5.92 Å². The van der Waals surface area contributed by atoms with Gasteiger partial charge in [-0.1, -0.05) is 30.3 Å². The smallest absolute Gasteiger partial charge is 0.253 e. The van der Waals surface area contributed by atoms with Gasteiger partial charge in [-0.15, -0.1) is 0 Å². The van der Waals surface area contributed by atoms with Gasteiger partial charge in [-0.25, -0.2) is 0 Å². The van der Waals surface area contributed by atoms with Crippen LogP contribution in [0.3, 0.4) is 0 Å². The quantitative estimate of drug-likeness (QED) is 0.664. The lowest BCUT2D eigenvalue weighted by Crippen LogP contribution is -2.39. The van der Waals surface area contributed by atoms with Crippen LogP contribution in [0.5, 0.6) is 5.75 Å². The van der Waals surface area contributed by atoms with E-state index in [1.165, 1.54) is 5.56 Å². The van der Waals surface area contributed by atoms with Crippen LogP contribution in [-0.4, -0.2) is 37.1 Å². The van der Waals surface area contributed by atoms with Gasteiger partial charge in [0.25, 0.3) is 5.91 Å². The maximum atomic E-state index is 13.0. The third-order valence-corrected chi connectivity index (χ3v) is 5.34. The summed E-state index contributed by atoms with van der Waals surface area (Å²) in [5, 5.41) is 0. The molecule has 0 N–H and O–H groups in total. The standard InChI is InChI=1S/C24H31NO3/c1-3-27-18-22-17-21(10-11-23(22)28-4-2)24(26)25-14-12-20(13-15-25)16-19-8-6-5-7-9-19/h5-11,17,20H,3-4,12-16,18H2,1-2H3. The van der Waals surface area contributed by atoms with Crippen LogP contribution in [0.4, 0.5) is 0 Å². The second-order valence-electron chi connectivity index (χ2n) is 7.32. The Kier molecular flexibility index (Phi) is 7.49. The van der Waals surface area contributed by atoms with Gasteiger partial charge in [0.2, 0.25) is 0 Å². The molecule has 1 heterocycles. The van der Waals surface area contributed by atoms with Crippen molar-refractivity contribution in [3.8, 4) is 5.75 Å². The lowest BCUT2D eigenvalue weighted by molar-refractivity contribution is 0.0690. The molecule has 3 rings (SSSR count). The second-order valence-corrected chi connectivity index (χ2v) is 7.32. The van der Waals surface area contributed by atoms with Gasteiger partial charge in [-0.05, 0) is 62.8 Å². The number of benzene rings is 2. The van der Waals surface area contributed by atoms with E-state index in [2.05, 4.69) is 30.3 Å². The molecule has 2 aromatic carbocycles. The van der Waals surface area contributed by atoms with E-state index in [4.69, 9.17) is 9.47 Å². The lowest BCUT2D eigenvalue weighted by atomic mass is 9.90. The van der Waals surface area contributed by atoms with E-state index in [0.29, 0.717) is 25.7 Å². The van der Waals surface area contributed by atoms with E-state index in [0.717, 1.165) is 49.2 Å². The SMILES string of the molecule is CCOCc1cc(C(=O)N2CCC(Cc3ccccc3)CC2)ccc1OCC. The molecule has 4 heteroatoms. The Balaban J connectivity index is 1.61. The fraction of sp³-hybridized carbons (Fsp3) is 0.458. The van der Waals surface area contributed by atoms with Crippen molar-refractivity contribution in [2.75, 3.05) is 26.3 Å². The molecule has 0 atom stereocenters. The van der Waals surface area contributed by atoms with Gasteiger partial charge in [0.15, 0.2) is 0 Å². The van der Waals surface area contributed by atoms with Crippen LogP contribution in [-0.2, 0) is 17.8 Å². The number of rotatable bonds is 8. The Bertz CT molecular complexity index is 752. The van der Waals surface area contributed by atoms with Crippen LogP contribution in [0.1, 0.15) is 48.2 Å². The molecule has 4 nitrogen and oxygen atoms in total. The Morgan fingerprint density at radius 1 is 1.04 bits per heavy atom. The summed E-state index contributed by atoms with van der Waals surface area (Å²) in [5.41, 5.74) is 3.05. The maximum Gasteiger partial charge on any atom is 0.253 e. The predicted molar refractivity (Wildman–Crippen MR) is 112 cm³/mol. The normalized spacial score (nSPS) is 14.9. The third kappa shape index (κ3) is 5.35.